The van der Waals surface area contributed by atoms with Crippen molar-refractivity contribution in [2.24, 2.45) is 5.14 Å². The van der Waals surface area contributed by atoms with Gasteiger partial charge in [0.15, 0.2) is 0 Å². The molecule has 2 bridgehead atoms. The molecule has 5 rings (SSSR count). The van der Waals surface area contributed by atoms with E-state index in [0.29, 0.717) is 6.42 Å². The highest BCUT2D eigenvalue weighted by molar-refractivity contribution is 7.89. The Labute approximate surface area is 157 Å². The van der Waals surface area contributed by atoms with Crippen molar-refractivity contribution in [2.75, 3.05) is 11.4 Å². The zero-order valence-corrected chi connectivity index (χ0v) is 15.3. The number of aliphatic hydroxyl groups excluding tert-OH is 1. The van der Waals surface area contributed by atoms with Crippen molar-refractivity contribution >= 4 is 26.6 Å². The molecular weight excluding hydrogens is 362 g/mol. The third-order valence-corrected chi connectivity index (χ3v) is 6.34. The Balaban J connectivity index is 1.69. The fraction of sp³-hybridized carbons (Fsp3) is 0.200. The van der Waals surface area contributed by atoms with Gasteiger partial charge in [-0.05, 0) is 36.8 Å². The molecule has 2 aliphatic rings. The number of aromatic nitrogens is 1. The van der Waals surface area contributed by atoms with E-state index < -0.39 is 16.1 Å². The van der Waals surface area contributed by atoms with Crippen molar-refractivity contribution in [2.45, 2.75) is 23.5 Å². The normalized spacial score (nSPS) is 21.9. The van der Waals surface area contributed by atoms with Crippen molar-refractivity contribution in [3.8, 4) is 11.3 Å². The average molecular weight is 381 g/mol. The van der Waals surface area contributed by atoms with Gasteiger partial charge in [-0.2, -0.15) is 0 Å². The molecule has 7 heteroatoms. The van der Waals surface area contributed by atoms with Gasteiger partial charge in [0, 0.05) is 34.4 Å². The summed E-state index contributed by atoms with van der Waals surface area (Å²) in [6, 6.07) is 14.7. The van der Waals surface area contributed by atoms with Gasteiger partial charge in [-0.3, -0.25) is 0 Å². The number of para-hydroxylation sites is 1. The quantitative estimate of drug-likeness (QED) is 0.607. The molecule has 138 valence electrons. The van der Waals surface area contributed by atoms with Crippen molar-refractivity contribution in [3.63, 3.8) is 0 Å². The molecule has 0 amide bonds. The van der Waals surface area contributed by atoms with Gasteiger partial charge in [0.05, 0.1) is 17.0 Å². The molecule has 27 heavy (non-hydrogen) atoms. The SMILES string of the molecule is NS(=O)(=O)c1ccc(N2CC3=C[C@H]2[C@@H](O)C3)c(-c2cc3ccccc3[nH]2)c1. The minimum absolute atomic E-state index is 0.0708. The van der Waals surface area contributed by atoms with Gasteiger partial charge >= 0.3 is 0 Å². The maximum absolute atomic E-state index is 11.9. The summed E-state index contributed by atoms with van der Waals surface area (Å²) in [5, 5.41) is 16.7. The monoisotopic (exact) mass is 381 g/mol. The second-order valence-corrected chi connectivity index (χ2v) is 8.77. The van der Waals surface area contributed by atoms with Crippen LogP contribution in [0.5, 0.6) is 0 Å². The summed E-state index contributed by atoms with van der Waals surface area (Å²) in [5.74, 6) is 0. The van der Waals surface area contributed by atoms with Crippen LogP contribution in [0.2, 0.25) is 0 Å². The molecule has 6 nitrogen and oxygen atoms in total. The Morgan fingerprint density at radius 1 is 1.15 bits per heavy atom. The van der Waals surface area contributed by atoms with Crippen molar-refractivity contribution in [1.29, 1.82) is 0 Å². The molecule has 0 radical (unpaired) electrons. The standard InChI is InChI=1S/C20H19N3O3S/c21-27(25,26)14-5-6-18(23-11-12-7-19(23)20(24)8-12)15(10-14)17-9-13-3-1-2-4-16(13)22-17/h1-7,9-10,19-20,22,24H,8,11H2,(H2,21,25,26)/t19-,20-/m0/s1. The maximum Gasteiger partial charge on any atom is 0.238 e. The van der Waals surface area contributed by atoms with Crippen LogP contribution < -0.4 is 10.0 Å². The average Bonchev–Trinajstić information content (AvgIpc) is 3.33. The molecule has 2 heterocycles. The van der Waals surface area contributed by atoms with E-state index in [9.17, 15) is 13.5 Å². The van der Waals surface area contributed by atoms with E-state index in [4.69, 9.17) is 5.14 Å². The number of piperidine rings is 1. The first-order valence-corrected chi connectivity index (χ1v) is 10.3. The van der Waals surface area contributed by atoms with Crippen LogP contribution in [-0.2, 0) is 10.0 Å². The zero-order chi connectivity index (χ0) is 18.8. The minimum atomic E-state index is -3.82. The first-order chi connectivity index (χ1) is 12.9. The van der Waals surface area contributed by atoms with Crippen molar-refractivity contribution in [1.82, 2.24) is 4.98 Å². The molecule has 0 unspecified atom stereocenters. The molecule has 4 N–H and O–H groups in total. The number of H-pyrrole nitrogens is 1. The van der Waals surface area contributed by atoms with Crippen LogP contribution in [0, 0.1) is 0 Å². The molecule has 2 atom stereocenters. The number of hydrogen-bond acceptors (Lipinski definition) is 4. The molecule has 0 saturated carbocycles. The lowest BCUT2D eigenvalue weighted by molar-refractivity contribution is 0.160. The summed E-state index contributed by atoms with van der Waals surface area (Å²) in [6.07, 6.45) is 2.38. The molecule has 2 aromatic carbocycles. The van der Waals surface area contributed by atoms with Gasteiger partial charge in [-0.25, -0.2) is 13.6 Å². The highest BCUT2D eigenvalue weighted by Gasteiger charge is 2.38. The Bertz CT molecular complexity index is 1160. The van der Waals surface area contributed by atoms with Crippen LogP contribution in [0.1, 0.15) is 6.42 Å². The van der Waals surface area contributed by atoms with Gasteiger partial charge in [0.25, 0.3) is 0 Å². The predicted octanol–water partition coefficient (Wildman–Crippen LogP) is 2.36. The number of hydrogen-bond donors (Lipinski definition) is 3. The van der Waals surface area contributed by atoms with Crippen LogP contribution >= 0.6 is 0 Å². The third kappa shape index (κ3) is 2.66. The number of nitrogens with two attached hydrogens (primary N) is 1. The number of nitrogens with zero attached hydrogens (tertiary/aromatic N) is 1. The number of nitrogens with one attached hydrogen (secondary N) is 1. The summed E-state index contributed by atoms with van der Waals surface area (Å²) < 4.78 is 23.8. The maximum atomic E-state index is 11.9. The largest absolute Gasteiger partial charge is 0.390 e. The van der Waals surface area contributed by atoms with Crippen LogP contribution in [0.15, 0.2) is 65.1 Å². The van der Waals surface area contributed by atoms with Crippen LogP contribution in [0.4, 0.5) is 5.69 Å². The molecular formula is C20H19N3O3S. The van der Waals surface area contributed by atoms with Crippen LogP contribution in [0.3, 0.4) is 0 Å². The van der Waals surface area contributed by atoms with Crippen LogP contribution in [0.25, 0.3) is 22.2 Å². The molecule has 1 aliphatic carbocycles. The highest BCUT2D eigenvalue weighted by Crippen LogP contribution is 2.41. The fourth-order valence-corrected chi connectivity index (χ4v) is 4.71. The second kappa shape index (κ2) is 5.69. The number of anilines is 1. The summed E-state index contributed by atoms with van der Waals surface area (Å²) in [7, 11) is -3.82. The minimum Gasteiger partial charge on any atom is -0.390 e. The molecule has 3 aromatic rings. The summed E-state index contributed by atoms with van der Waals surface area (Å²) in [5.41, 5.74) is 4.64. The number of benzene rings is 2. The summed E-state index contributed by atoms with van der Waals surface area (Å²) in [6.45, 7) is 0.740. The van der Waals surface area contributed by atoms with Gasteiger partial charge in [-0.15, -0.1) is 0 Å². The van der Waals surface area contributed by atoms with Gasteiger partial charge in [0.1, 0.15) is 0 Å². The molecule has 0 fully saturated rings. The Hall–Kier alpha value is -2.61. The summed E-state index contributed by atoms with van der Waals surface area (Å²) in [4.78, 5) is 5.56. The van der Waals surface area contributed by atoms with Gasteiger partial charge < -0.3 is 15.0 Å². The number of primary sulfonamides is 1. The lowest BCUT2D eigenvalue weighted by Crippen LogP contribution is -2.42. The summed E-state index contributed by atoms with van der Waals surface area (Å²) >= 11 is 0. The molecule has 1 aromatic heterocycles. The first-order valence-electron chi connectivity index (χ1n) is 8.79. The van der Waals surface area contributed by atoms with Crippen molar-refractivity contribution in [3.05, 3.63) is 60.2 Å². The second-order valence-electron chi connectivity index (χ2n) is 7.21. The number of aliphatic hydroxyl groups is 1. The van der Waals surface area contributed by atoms with E-state index >= 15 is 0 Å². The fourth-order valence-electron chi connectivity index (χ4n) is 4.17. The van der Waals surface area contributed by atoms with Gasteiger partial charge in [0.2, 0.25) is 10.0 Å². The number of rotatable bonds is 3. The van der Waals surface area contributed by atoms with E-state index in [0.717, 1.165) is 34.4 Å². The van der Waals surface area contributed by atoms with Crippen LogP contribution in [-0.4, -0.2) is 37.2 Å². The van der Waals surface area contributed by atoms with Crippen molar-refractivity contribution < 1.29 is 13.5 Å². The van der Waals surface area contributed by atoms with E-state index in [1.165, 1.54) is 11.6 Å². The first kappa shape index (κ1) is 16.6. The molecule has 0 spiro atoms. The molecule has 0 saturated heterocycles. The number of aromatic amines is 1. The van der Waals surface area contributed by atoms with E-state index in [1.807, 2.05) is 30.3 Å². The van der Waals surface area contributed by atoms with Gasteiger partial charge in [-0.1, -0.05) is 29.8 Å². The van der Waals surface area contributed by atoms with E-state index in [2.05, 4.69) is 16.0 Å². The highest BCUT2D eigenvalue weighted by atomic mass is 32.2. The predicted molar refractivity (Wildman–Crippen MR) is 105 cm³/mol. The Morgan fingerprint density at radius 3 is 2.67 bits per heavy atom. The third-order valence-electron chi connectivity index (χ3n) is 5.43. The Morgan fingerprint density at radius 2 is 1.96 bits per heavy atom. The smallest absolute Gasteiger partial charge is 0.238 e. The lowest BCUT2D eigenvalue weighted by atomic mass is 10.0. The van der Waals surface area contributed by atoms with E-state index in [1.54, 1.807) is 12.1 Å². The number of sulfonamides is 1. The topological polar surface area (TPSA) is 99.4 Å². The number of fused-ring (bicyclic) bond motifs is 2. The molecule has 1 aliphatic heterocycles. The Kier molecular flexibility index (Phi) is 3.49. The zero-order valence-electron chi connectivity index (χ0n) is 14.5. The van der Waals surface area contributed by atoms with E-state index in [-0.39, 0.29) is 10.9 Å². The lowest BCUT2D eigenvalue weighted by Gasteiger charge is -2.34.